The number of hydrogen-bond acceptors (Lipinski definition) is 4. The van der Waals surface area contributed by atoms with Gasteiger partial charge in [0.25, 0.3) is 0 Å². The molecule has 4 aliphatic carbocycles. The summed E-state index contributed by atoms with van der Waals surface area (Å²) in [5, 5.41) is 17.0. The minimum atomic E-state index is -1.38. The highest BCUT2D eigenvalue weighted by Crippen LogP contribution is 2.64. The molecule has 1 aromatic carbocycles. The SMILES string of the molecule is C[Si](C)(C)c1ccc(C23CC4CC(CC(C4)C2CP)C3)c(CP(C2CNCCN2)C2CNCCN2)c1. The van der Waals surface area contributed by atoms with Gasteiger partial charge in [0.1, 0.15) is 0 Å². The Morgan fingerprint density at radius 1 is 0.917 bits per heavy atom. The molecule has 2 aliphatic heterocycles. The van der Waals surface area contributed by atoms with Crippen LogP contribution in [0.2, 0.25) is 19.6 Å². The maximum atomic E-state index is 3.96. The first kappa shape index (κ1) is 26.4. The number of rotatable bonds is 7. The van der Waals surface area contributed by atoms with Gasteiger partial charge in [-0.25, -0.2) is 0 Å². The van der Waals surface area contributed by atoms with Gasteiger partial charge in [-0.05, 0) is 84.6 Å². The Kier molecular flexibility index (Phi) is 7.77. The van der Waals surface area contributed by atoms with Crippen LogP contribution >= 0.6 is 17.2 Å². The van der Waals surface area contributed by atoms with Crippen LogP contribution in [0, 0.1) is 23.7 Å². The lowest BCUT2D eigenvalue weighted by atomic mass is 9.43. The van der Waals surface area contributed by atoms with Gasteiger partial charge in [-0.2, -0.15) is 0 Å². The summed E-state index contributed by atoms with van der Waals surface area (Å²) in [7, 11) is 1.58. The zero-order chi connectivity index (χ0) is 24.9. The molecule has 6 unspecified atom stereocenters. The molecule has 7 rings (SSSR count). The largest absolute Gasteiger partial charge is 0.314 e. The van der Waals surface area contributed by atoms with E-state index in [2.05, 4.69) is 68.3 Å². The van der Waals surface area contributed by atoms with Crippen LogP contribution in [-0.2, 0) is 11.6 Å². The van der Waals surface area contributed by atoms with E-state index < -0.39 is 8.07 Å². The van der Waals surface area contributed by atoms with Gasteiger partial charge in [-0.3, -0.25) is 0 Å². The molecule has 0 radical (unpaired) electrons. The topological polar surface area (TPSA) is 48.1 Å². The third kappa shape index (κ3) is 4.94. The van der Waals surface area contributed by atoms with Crippen LogP contribution in [-0.4, -0.2) is 65.1 Å². The van der Waals surface area contributed by atoms with Crippen LogP contribution in [0.5, 0.6) is 0 Å². The molecule has 4 N–H and O–H groups in total. The molecule has 4 saturated carbocycles. The second-order valence-corrected chi connectivity index (χ2v) is 21.9. The lowest BCUT2D eigenvalue weighted by Gasteiger charge is -2.62. The van der Waals surface area contributed by atoms with Gasteiger partial charge < -0.3 is 21.3 Å². The van der Waals surface area contributed by atoms with Crippen LogP contribution in [0.3, 0.4) is 0 Å². The molecular formula is C29H50N4P2Si. The molecule has 0 amide bonds. The Labute approximate surface area is 224 Å². The molecule has 4 nitrogen and oxygen atoms in total. The lowest BCUT2D eigenvalue weighted by Crippen LogP contribution is -2.56. The first-order valence-electron chi connectivity index (χ1n) is 14.9. The molecule has 6 aliphatic rings. The summed E-state index contributed by atoms with van der Waals surface area (Å²) in [5.74, 6) is 4.99. The van der Waals surface area contributed by atoms with Crippen LogP contribution < -0.4 is 26.5 Å². The highest BCUT2D eigenvalue weighted by Gasteiger charge is 2.57. The summed E-state index contributed by atoms with van der Waals surface area (Å²) < 4.78 is 0. The molecule has 2 saturated heterocycles. The van der Waals surface area contributed by atoms with Crippen molar-refractivity contribution in [3.05, 3.63) is 29.3 Å². The van der Waals surface area contributed by atoms with Crippen molar-refractivity contribution in [2.75, 3.05) is 45.4 Å². The zero-order valence-electron chi connectivity index (χ0n) is 22.9. The van der Waals surface area contributed by atoms with E-state index in [0.29, 0.717) is 17.0 Å². The fourth-order valence-electron chi connectivity index (χ4n) is 9.04. The third-order valence-electron chi connectivity index (χ3n) is 10.5. The number of benzene rings is 1. The maximum Gasteiger partial charge on any atom is 0.0776 e. The average Bonchev–Trinajstić information content (AvgIpc) is 2.87. The predicted molar refractivity (Wildman–Crippen MR) is 163 cm³/mol. The second-order valence-electron chi connectivity index (χ2n) is 13.7. The van der Waals surface area contributed by atoms with Crippen molar-refractivity contribution in [2.24, 2.45) is 23.7 Å². The van der Waals surface area contributed by atoms with Crippen LogP contribution in [0.1, 0.15) is 43.2 Å². The molecule has 6 fully saturated rings. The maximum absolute atomic E-state index is 3.96. The molecule has 7 heteroatoms. The van der Waals surface area contributed by atoms with Gasteiger partial charge >= 0.3 is 0 Å². The van der Waals surface area contributed by atoms with Crippen molar-refractivity contribution in [2.45, 2.75) is 74.9 Å². The van der Waals surface area contributed by atoms with Crippen molar-refractivity contribution >= 4 is 30.4 Å². The van der Waals surface area contributed by atoms with E-state index in [1.54, 1.807) is 16.3 Å². The fourth-order valence-corrected chi connectivity index (χ4v) is 14.1. The van der Waals surface area contributed by atoms with Gasteiger partial charge in [0.05, 0.1) is 8.07 Å². The molecule has 1 aromatic rings. The highest BCUT2D eigenvalue weighted by molar-refractivity contribution is 7.58. The van der Waals surface area contributed by atoms with E-state index in [-0.39, 0.29) is 7.92 Å². The molecule has 36 heavy (non-hydrogen) atoms. The van der Waals surface area contributed by atoms with E-state index in [1.807, 2.05) is 0 Å². The standard InChI is InChI=1S/C29H50N4P2Si/c1-36(2,3)24-4-5-25(29-14-20-10-21(15-29)12-22(11-20)26(29)18-34)23(13-24)19-35(27-16-30-6-8-32-27)28-17-31-7-9-33-28/h4-5,13,20-22,26-28,30-33H,6-12,14-19,34H2,1-3H3. The van der Waals surface area contributed by atoms with Crippen molar-refractivity contribution in [1.82, 2.24) is 21.3 Å². The molecule has 0 spiro atoms. The molecule has 200 valence electrons. The third-order valence-corrected chi connectivity index (χ3v) is 16.1. The highest BCUT2D eigenvalue weighted by atomic mass is 31.1. The monoisotopic (exact) mass is 544 g/mol. The van der Waals surface area contributed by atoms with E-state index in [0.717, 1.165) is 62.9 Å². The summed E-state index contributed by atoms with van der Waals surface area (Å²) in [6.45, 7) is 14.3. The minimum absolute atomic E-state index is 0.235. The quantitative estimate of drug-likeness (QED) is 0.312. The van der Waals surface area contributed by atoms with Crippen LogP contribution in [0.4, 0.5) is 0 Å². The van der Waals surface area contributed by atoms with E-state index >= 15 is 0 Å². The molecule has 0 aromatic heterocycles. The molecule has 4 bridgehead atoms. The summed E-state index contributed by atoms with van der Waals surface area (Å²) in [6.07, 6.45) is 10.0. The van der Waals surface area contributed by atoms with E-state index in [4.69, 9.17) is 0 Å². The Morgan fingerprint density at radius 3 is 2.08 bits per heavy atom. The molecule has 6 atom stereocenters. The first-order chi connectivity index (χ1) is 17.4. The Hall–Kier alpha value is 0.137. The molecular weight excluding hydrogens is 494 g/mol. The van der Waals surface area contributed by atoms with Gasteiger partial charge in [-0.15, -0.1) is 9.24 Å². The Balaban J connectivity index is 1.42. The van der Waals surface area contributed by atoms with Crippen molar-refractivity contribution in [1.29, 1.82) is 0 Å². The van der Waals surface area contributed by atoms with Gasteiger partial charge in [0.15, 0.2) is 0 Å². The Morgan fingerprint density at radius 2 is 1.56 bits per heavy atom. The number of nitrogens with one attached hydrogen (secondary N) is 4. The minimum Gasteiger partial charge on any atom is -0.314 e. The number of piperazine rings is 2. The smallest absolute Gasteiger partial charge is 0.0776 e. The van der Waals surface area contributed by atoms with Crippen LogP contribution in [0.25, 0.3) is 0 Å². The van der Waals surface area contributed by atoms with E-state index in [1.165, 1.54) is 44.4 Å². The predicted octanol–water partition coefficient (Wildman–Crippen LogP) is 3.82. The fraction of sp³-hybridized carbons (Fsp3) is 0.793. The normalized spacial score (nSPS) is 39.3. The number of hydrogen-bond donors (Lipinski definition) is 4. The van der Waals surface area contributed by atoms with Gasteiger partial charge in [0, 0.05) is 50.8 Å². The van der Waals surface area contributed by atoms with Crippen molar-refractivity contribution in [3.63, 3.8) is 0 Å². The summed E-state index contributed by atoms with van der Waals surface area (Å²) >= 11 is 0. The second kappa shape index (κ2) is 10.6. The van der Waals surface area contributed by atoms with Crippen molar-refractivity contribution < 1.29 is 0 Å². The molecule has 2 heterocycles. The van der Waals surface area contributed by atoms with E-state index in [9.17, 15) is 0 Å². The summed E-state index contributed by atoms with van der Waals surface area (Å²) in [6, 6.07) is 7.99. The lowest BCUT2D eigenvalue weighted by molar-refractivity contribution is -0.0520. The summed E-state index contributed by atoms with van der Waals surface area (Å²) in [4.78, 5) is 0. The van der Waals surface area contributed by atoms with Gasteiger partial charge in [0.2, 0.25) is 0 Å². The first-order valence-corrected chi connectivity index (χ1v) is 20.8. The zero-order valence-corrected chi connectivity index (χ0v) is 26.0. The van der Waals surface area contributed by atoms with Crippen LogP contribution in [0.15, 0.2) is 18.2 Å². The summed E-state index contributed by atoms with van der Waals surface area (Å²) in [5.41, 5.74) is 3.96. The van der Waals surface area contributed by atoms with Crippen molar-refractivity contribution in [3.8, 4) is 0 Å². The Bertz CT molecular complexity index is 892. The average molecular weight is 545 g/mol. The van der Waals surface area contributed by atoms with Gasteiger partial charge in [-0.1, -0.05) is 50.9 Å².